The van der Waals surface area contributed by atoms with Gasteiger partial charge in [0.05, 0.1) is 23.2 Å². The zero-order chi connectivity index (χ0) is 21.8. The average molecular weight is 454 g/mol. The second kappa shape index (κ2) is 9.32. The molecule has 158 valence electrons. The van der Waals surface area contributed by atoms with Crippen LogP contribution in [0.4, 0.5) is 0 Å². The fourth-order valence-corrected chi connectivity index (χ4v) is 4.08. The van der Waals surface area contributed by atoms with Crippen molar-refractivity contribution in [3.8, 4) is 11.4 Å². The molecule has 1 unspecified atom stereocenters. The molecule has 0 spiro atoms. The summed E-state index contributed by atoms with van der Waals surface area (Å²) in [5, 5.41) is 13.5. The highest BCUT2D eigenvalue weighted by molar-refractivity contribution is 7.99. The second-order valence-electron chi connectivity index (χ2n) is 6.86. The minimum atomic E-state index is -0.0799. The normalized spacial score (nSPS) is 12.0. The van der Waals surface area contributed by atoms with Gasteiger partial charge in [-0.2, -0.15) is 5.10 Å². The van der Waals surface area contributed by atoms with Crippen LogP contribution in [-0.2, 0) is 4.79 Å². The molecule has 2 heterocycles. The standard InChI is InChI=1S/C21H20ClN7OS/c1-15(16-6-8-18(9-7-16)29-13-23-12-25-29)27(2)20(30)11-31-21-26-24-14-28(21)19-5-3-4-17(22)10-19/h3-10,12-15H,11H2,1-2H3. The van der Waals surface area contributed by atoms with Gasteiger partial charge in [-0.25, -0.2) is 9.67 Å². The van der Waals surface area contributed by atoms with E-state index in [1.54, 1.807) is 35.4 Å². The summed E-state index contributed by atoms with van der Waals surface area (Å²) in [6.45, 7) is 2.00. The largest absolute Gasteiger partial charge is 0.338 e. The third-order valence-electron chi connectivity index (χ3n) is 4.96. The first-order chi connectivity index (χ1) is 15.0. The Bertz CT molecular complexity index is 1160. The van der Waals surface area contributed by atoms with E-state index in [1.807, 2.05) is 54.0 Å². The van der Waals surface area contributed by atoms with Crippen LogP contribution in [0.25, 0.3) is 11.4 Å². The first-order valence-corrected chi connectivity index (χ1v) is 10.9. The Morgan fingerprint density at radius 1 is 1.16 bits per heavy atom. The first-order valence-electron chi connectivity index (χ1n) is 9.52. The Morgan fingerprint density at radius 3 is 2.68 bits per heavy atom. The molecule has 0 aliphatic carbocycles. The van der Waals surface area contributed by atoms with Crippen molar-refractivity contribution in [3.63, 3.8) is 0 Å². The third-order valence-corrected chi connectivity index (χ3v) is 6.12. The summed E-state index contributed by atoms with van der Waals surface area (Å²) in [5.41, 5.74) is 2.80. The molecular formula is C21H20ClN7OS. The number of hydrogen-bond acceptors (Lipinski definition) is 6. The SMILES string of the molecule is CC(c1ccc(-n2cncn2)cc1)N(C)C(=O)CSc1nncn1-c1cccc(Cl)c1. The van der Waals surface area contributed by atoms with Crippen LogP contribution in [0, 0.1) is 0 Å². The van der Waals surface area contributed by atoms with Gasteiger partial charge in [-0.1, -0.05) is 41.6 Å². The highest BCUT2D eigenvalue weighted by atomic mass is 35.5. The average Bonchev–Trinajstić information content (AvgIpc) is 3.49. The number of amides is 1. The van der Waals surface area contributed by atoms with Gasteiger partial charge in [0.15, 0.2) is 5.16 Å². The molecule has 4 rings (SSSR count). The molecule has 0 aliphatic rings. The predicted molar refractivity (Wildman–Crippen MR) is 120 cm³/mol. The lowest BCUT2D eigenvalue weighted by Gasteiger charge is -2.25. The van der Waals surface area contributed by atoms with E-state index in [1.165, 1.54) is 18.1 Å². The van der Waals surface area contributed by atoms with Crippen LogP contribution in [-0.4, -0.2) is 53.1 Å². The lowest BCUT2D eigenvalue weighted by atomic mass is 10.1. The minimum absolute atomic E-state index is 0.00139. The lowest BCUT2D eigenvalue weighted by molar-refractivity contribution is -0.128. The van der Waals surface area contributed by atoms with Crippen molar-refractivity contribution >= 4 is 29.3 Å². The zero-order valence-electron chi connectivity index (χ0n) is 17.0. The number of benzene rings is 2. The van der Waals surface area contributed by atoms with Crippen LogP contribution in [0.5, 0.6) is 0 Å². The van der Waals surface area contributed by atoms with Gasteiger partial charge in [0.25, 0.3) is 0 Å². The van der Waals surface area contributed by atoms with Crippen LogP contribution in [0.3, 0.4) is 0 Å². The zero-order valence-corrected chi connectivity index (χ0v) is 18.5. The molecule has 0 aliphatic heterocycles. The quantitative estimate of drug-likeness (QED) is 0.396. The minimum Gasteiger partial charge on any atom is -0.338 e. The molecule has 10 heteroatoms. The maximum Gasteiger partial charge on any atom is 0.233 e. The van der Waals surface area contributed by atoms with E-state index < -0.39 is 0 Å². The summed E-state index contributed by atoms with van der Waals surface area (Å²) >= 11 is 7.43. The summed E-state index contributed by atoms with van der Waals surface area (Å²) in [6, 6.07) is 15.2. The van der Waals surface area contributed by atoms with E-state index >= 15 is 0 Å². The number of carbonyl (C=O) groups is 1. The Hall–Kier alpha value is -3.17. The van der Waals surface area contributed by atoms with Gasteiger partial charge in [0.1, 0.15) is 19.0 Å². The Kier molecular flexibility index (Phi) is 6.34. The molecule has 1 amide bonds. The molecule has 0 bridgehead atoms. The number of carbonyl (C=O) groups excluding carboxylic acids is 1. The monoisotopic (exact) mass is 453 g/mol. The summed E-state index contributed by atoms with van der Waals surface area (Å²) in [5.74, 6) is 0.246. The van der Waals surface area contributed by atoms with Crippen molar-refractivity contribution in [2.24, 2.45) is 0 Å². The fraction of sp³-hybridized carbons (Fsp3) is 0.190. The van der Waals surface area contributed by atoms with Crippen molar-refractivity contribution in [1.82, 2.24) is 34.4 Å². The van der Waals surface area contributed by atoms with Gasteiger partial charge in [-0.15, -0.1) is 10.2 Å². The van der Waals surface area contributed by atoms with Crippen molar-refractivity contribution in [3.05, 3.63) is 78.1 Å². The lowest BCUT2D eigenvalue weighted by Crippen LogP contribution is -2.31. The Labute approximate surface area is 188 Å². The molecule has 0 fully saturated rings. The van der Waals surface area contributed by atoms with Crippen molar-refractivity contribution < 1.29 is 4.79 Å². The van der Waals surface area contributed by atoms with E-state index in [-0.39, 0.29) is 17.7 Å². The highest BCUT2D eigenvalue weighted by Crippen LogP contribution is 2.24. The van der Waals surface area contributed by atoms with E-state index in [4.69, 9.17) is 11.6 Å². The number of rotatable bonds is 7. The van der Waals surface area contributed by atoms with Gasteiger partial charge in [-0.3, -0.25) is 9.36 Å². The molecule has 2 aromatic carbocycles. The molecule has 0 saturated carbocycles. The van der Waals surface area contributed by atoms with E-state index in [9.17, 15) is 4.79 Å². The smallest absolute Gasteiger partial charge is 0.233 e. The molecular weight excluding hydrogens is 434 g/mol. The molecule has 1 atom stereocenters. The van der Waals surface area contributed by atoms with Gasteiger partial charge in [0, 0.05) is 12.1 Å². The van der Waals surface area contributed by atoms with Crippen molar-refractivity contribution in [2.75, 3.05) is 12.8 Å². The highest BCUT2D eigenvalue weighted by Gasteiger charge is 2.19. The number of hydrogen-bond donors (Lipinski definition) is 0. The van der Waals surface area contributed by atoms with Crippen LogP contribution in [0.2, 0.25) is 5.02 Å². The molecule has 8 nitrogen and oxygen atoms in total. The predicted octanol–water partition coefficient (Wildman–Crippen LogP) is 3.81. The Balaban J connectivity index is 1.39. The number of halogens is 1. The van der Waals surface area contributed by atoms with Crippen LogP contribution in [0.15, 0.2) is 72.7 Å². The van der Waals surface area contributed by atoms with Gasteiger partial charge in [-0.05, 0) is 42.8 Å². The molecule has 0 N–H and O–H groups in total. The molecule has 2 aromatic heterocycles. The topological polar surface area (TPSA) is 81.7 Å². The van der Waals surface area contributed by atoms with E-state index in [0.29, 0.717) is 10.2 Å². The maximum atomic E-state index is 12.8. The Morgan fingerprint density at radius 2 is 1.97 bits per heavy atom. The summed E-state index contributed by atoms with van der Waals surface area (Å²) in [4.78, 5) is 18.5. The van der Waals surface area contributed by atoms with Crippen LogP contribution in [0.1, 0.15) is 18.5 Å². The van der Waals surface area contributed by atoms with Gasteiger partial charge >= 0.3 is 0 Å². The summed E-state index contributed by atoms with van der Waals surface area (Å²) in [7, 11) is 1.81. The van der Waals surface area contributed by atoms with E-state index in [2.05, 4.69) is 20.3 Å². The van der Waals surface area contributed by atoms with Gasteiger partial charge < -0.3 is 4.90 Å². The molecule has 0 saturated heterocycles. The summed E-state index contributed by atoms with van der Waals surface area (Å²) in [6.07, 6.45) is 4.75. The molecule has 0 radical (unpaired) electrons. The molecule has 31 heavy (non-hydrogen) atoms. The number of aromatic nitrogens is 6. The summed E-state index contributed by atoms with van der Waals surface area (Å²) < 4.78 is 3.51. The molecule has 4 aromatic rings. The first kappa shape index (κ1) is 21.1. The second-order valence-corrected chi connectivity index (χ2v) is 8.24. The van der Waals surface area contributed by atoms with Crippen LogP contribution < -0.4 is 0 Å². The number of nitrogens with zero attached hydrogens (tertiary/aromatic N) is 7. The van der Waals surface area contributed by atoms with Crippen LogP contribution >= 0.6 is 23.4 Å². The fourth-order valence-electron chi connectivity index (χ4n) is 3.04. The van der Waals surface area contributed by atoms with Crippen molar-refractivity contribution in [2.45, 2.75) is 18.1 Å². The number of thioether (sulfide) groups is 1. The maximum absolute atomic E-state index is 12.8. The van der Waals surface area contributed by atoms with Crippen molar-refractivity contribution in [1.29, 1.82) is 0 Å². The third kappa shape index (κ3) is 4.78. The van der Waals surface area contributed by atoms with E-state index in [0.717, 1.165) is 16.9 Å². The van der Waals surface area contributed by atoms with Gasteiger partial charge in [0.2, 0.25) is 5.91 Å².